The maximum absolute atomic E-state index is 11.7. The van der Waals surface area contributed by atoms with E-state index < -0.39 is 10.0 Å². The molecule has 0 radical (unpaired) electrons. The Hall–Kier alpha value is -0.170. The lowest BCUT2D eigenvalue weighted by molar-refractivity contribution is 0.399. The van der Waals surface area contributed by atoms with Crippen molar-refractivity contribution in [3.05, 3.63) is 0 Å². The number of nitrogens with one attached hydrogen (secondary N) is 2. The van der Waals surface area contributed by atoms with Gasteiger partial charge in [0.05, 0.1) is 5.25 Å². The predicted molar refractivity (Wildman–Crippen MR) is 68.1 cm³/mol. The minimum absolute atomic E-state index is 0.383. The lowest BCUT2D eigenvalue weighted by atomic mass is 10.4. The first kappa shape index (κ1) is 15.8. The van der Waals surface area contributed by atoms with E-state index in [4.69, 9.17) is 0 Å². The molecule has 0 aliphatic heterocycles. The lowest BCUT2D eigenvalue weighted by Gasteiger charge is -2.15. The molecule has 0 heterocycles. The Kier molecular flexibility index (Phi) is 7.91. The normalized spacial score (nSPS) is 14.3. The van der Waals surface area contributed by atoms with Crippen LogP contribution in [-0.4, -0.2) is 58.8 Å². The zero-order valence-corrected chi connectivity index (χ0v) is 11.6. The van der Waals surface area contributed by atoms with Crippen LogP contribution in [-0.2, 0) is 10.0 Å². The third-order valence-electron chi connectivity index (χ3n) is 2.30. The summed E-state index contributed by atoms with van der Waals surface area (Å²) in [5.74, 6) is 0. The molecule has 1 atom stereocenters. The molecular weight excluding hydrogens is 226 g/mol. The molecule has 5 nitrogen and oxygen atoms in total. The van der Waals surface area contributed by atoms with E-state index in [0.717, 1.165) is 19.5 Å². The summed E-state index contributed by atoms with van der Waals surface area (Å²) in [4.78, 5) is 2.04. The molecule has 6 heteroatoms. The summed E-state index contributed by atoms with van der Waals surface area (Å²) in [5, 5.41) is 2.65. The minimum Gasteiger partial charge on any atom is -0.316 e. The molecule has 0 saturated carbocycles. The van der Waals surface area contributed by atoms with Gasteiger partial charge in [0.25, 0.3) is 0 Å². The van der Waals surface area contributed by atoms with Crippen LogP contribution in [0.4, 0.5) is 0 Å². The van der Waals surface area contributed by atoms with E-state index in [1.165, 1.54) is 0 Å². The van der Waals surface area contributed by atoms with E-state index >= 15 is 0 Å². The average Bonchev–Trinajstić information content (AvgIpc) is 2.20. The van der Waals surface area contributed by atoms with Gasteiger partial charge >= 0.3 is 0 Å². The Morgan fingerprint density at radius 2 is 1.94 bits per heavy atom. The summed E-state index contributed by atoms with van der Waals surface area (Å²) in [6.45, 7) is 6.38. The Labute approximate surface area is 99.6 Å². The largest absolute Gasteiger partial charge is 0.316 e. The Balaban J connectivity index is 3.86. The maximum Gasteiger partial charge on any atom is 0.215 e. The van der Waals surface area contributed by atoms with Gasteiger partial charge in [-0.2, -0.15) is 0 Å². The third-order valence-corrected chi connectivity index (χ3v) is 4.13. The molecule has 0 spiro atoms. The van der Waals surface area contributed by atoms with Crippen LogP contribution in [0, 0.1) is 0 Å². The fraction of sp³-hybridized carbons (Fsp3) is 1.00. The lowest BCUT2D eigenvalue weighted by Crippen LogP contribution is -2.39. The summed E-state index contributed by atoms with van der Waals surface area (Å²) in [6, 6.07) is 0. The topological polar surface area (TPSA) is 61.4 Å². The molecule has 98 valence electrons. The number of sulfonamides is 1. The highest BCUT2D eigenvalue weighted by atomic mass is 32.2. The van der Waals surface area contributed by atoms with Crippen molar-refractivity contribution in [1.82, 2.24) is 14.9 Å². The van der Waals surface area contributed by atoms with Crippen molar-refractivity contribution >= 4 is 10.0 Å². The highest BCUT2D eigenvalue weighted by Crippen LogP contribution is 1.96. The zero-order valence-electron chi connectivity index (χ0n) is 10.8. The summed E-state index contributed by atoms with van der Waals surface area (Å²) in [7, 11) is 0.788. The van der Waals surface area contributed by atoms with Gasteiger partial charge in [-0.25, -0.2) is 13.1 Å². The first-order valence-corrected chi connectivity index (χ1v) is 7.28. The van der Waals surface area contributed by atoms with Crippen molar-refractivity contribution in [2.75, 3.05) is 40.3 Å². The molecule has 0 aromatic rings. The quantitative estimate of drug-likeness (QED) is 0.560. The van der Waals surface area contributed by atoms with Crippen LogP contribution < -0.4 is 10.0 Å². The van der Waals surface area contributed by atoms with Crippen LogP contribution in [0.25, 0.3) is 0 Å². The number of nitrogens with zero attached hydrogens (tertiary/aromatic N) is 1. The van der Waals surface area contributed by atoms with Crippen molar-refractivity contribution in [3.8, 4) is 0 Å². The molecule has 0 aliphatic rings. The van der Waals surface area contributed by atoms with Crippen LogP contribution in [0.5, 0.6) is 0 Å². The summed E-state index contributed by atoms with van der Waals surface area (Å²) >= 11 is 0. The fourth-order valence-electron chi connectivity index (χ4n) is 1.21. The molecule has 0 aromatic heterocycles. The maximum atomic E-state index is 11.7. The fourth-order valence-corrected chi connectivity index (χ4v) is 2.26. The molecule has 0 rings (SSSR count). The summed E-state index contributed by atoms with van der Waals surface area (Å²) in [5.41, 5.74) is 0. The highest BCUT2D eigenvalue weighted by Gasteiger charge is 2.18. The van der Waals surface area contributed by atoms with Crippen LogP contribution >= 0.6 is 0 Å². The van der Waals surface area contributed by atoms with Crippen LogP contribution in [0.2, 0.25) is 0 Å². The molecule has 0 aliphatic carbocycles. The average molecular weight is 251 g/mol. The molecule has 0 amide bonds. The van der Waals surface area contributed by atoms with Gasteiger partial charge in [0, 0.05) is 13.1 Å². The molecule has 1 unspecified atom stereocenters. The van der Waals surface area contributed by atoms with Gasteiger partial charge in [-0.15, -0.1) is 0 Å². The second-order valence-electron chi connectivity index (χ2n) is 4.21. The van der Waals surface area contributed by atoms with E-state index in [-0.39, 0.29) is 5.25 Å². The second-order valence-corrected chi connectivity index (χ2v) is 6.40. The third kappa shape index (κ3) is 7.16. The van der Waals surface area contributed by atoms with E-state index in [0.29, 0.717) is 13.1 Å². The van der Waals surface area contributed by atoms with Gasteiger partial charge in [0.15, 0.2) is 0 Å². The Morgan fingerprint density at radius 1 is 1.31 bits per heavy atom. The molecule has 0 saturated heterocycles. The first-order chi connectivity index (χ1) is 7.40. The molecule has 0 fully saturated rings. The summed E-state index contributed by atoms with van der Waals surface area (Å²) < 4.78 is 26.1. The van der Waals surface area contributed by atoms with Crippen molar-refractivity contribution in [3.63, 3.8) is 0 Å². The molecule has 0 bridgehead atoms. The van der Waals surface area contributed by atoms with E-state index in [2.05, 4.69) is 10.0 Å². The van der Waals surface area contributed by atoms with Crippen molar-refractivity contribution in [2.24, 2.45) is 0 Å². The van der Waals surface area contributed by atoms with Gasteiger partial charge in [-0.05, 0) is 40.5 Å². The van der Waals surface area contributed by atoms with Crippen LogP contribution in [0.1, 0.15) is 20.3 Å². The predicted octanol–water partition coefficient (Wildman–Crippen LogP) is -0.144. The number of rotatable bonds is 9. The number of hydrogen-bond acceptors (Lipinski definition) is 4. The van der Waals surface area contributed by atoms with Crippen molar-refractivity contribution in [2.45, 2.75) is 25.5 Å². The Morgan fingerprint density at radius 3 is 2.44 bits per heavy atom. The van der Waals surface area contributed by atoms with E-state index in [1.807, 2.05) is 25.9 Å². The molecule has 16 heavy (non-hydrogen) atoms. The monoisotopic (exact) mass is 251 g/mol. The van der Waals surface area contributed by atoms with Crippen LogP contribution in [0.15, 0.2) is 0 Å². The SMILES string of the molecule is CCNCC(C)S(=O)(=O)NCCCN(C)C. The first-order valence-electron chi connectivity index (χ1n) is 5.74. The van der Waals surface area contributed by atoms with Gasteiger partial charge < -0.3 is 10.2 Å². The smallest absolute Gasteiger partial charge is 0.215 e. The molecule has 2 N–H and O–H groups in total. The van der Waals surface area contributed by atoms with Gasteiger partial charge in [-0.3, -0.25) is 0 Å². The van der Waals surface area contributed by atoms with Gasteiger partial charge in [0.2, 0.25) is 10.0 Å². The van der Waals surface area contributed by atoms with Gasteiger partial charge in [-0.1, -0.05) is 6.92 Å². The Bertz CT molecular complexity index is 265. The van der Waals surface area contributed by atoms with Crippen molar-refractivity contribution in [1.29, 1.82) is 0 Å². The molecular formula is C10H25N3O2S. The standard InChI is InChI=1S/C10H25N3O2S/c1-5-11-9-10(2)16(14,15)12-7-6-8-13(3)4/h10-12H,5-9H2,1-4H3. The second kappa shape index (κ2) is 8.00. The molecule has 0 aromatic carbocycles. The van der Waals surface area contributed by atoms with Crippen LogP contribution in [0.3, 0.4) is 0 Å². The van der Waals surface area contributed by atoms with Gasteiger partial charge in [0.1, 0.15) is 0 Å². The number of hydrogen-bond donors (Lipinski definition) is 2. The van der Waals surface area contributed by atoms with E-state index in [1.54, 1.807) is 6.92 Å². The van der Waals surface area contributed by atoms with Crippen molar-refractivity contribution < 1.29 is 8.42 Å². The minimum atomic E-state index is -3.16. The highest BCUT2D eigenvalue weighted by molar-refractivity contribution is 7.90. The van der Waals surface area contributed by atoms with E-state index in [9.17, 15) is 8.42 Å². The summed E-state index contributed by atoms with van der Waals surface area (Å²) in [6.07, 6.45) is 0.833. The zero-order chi connectivity index (χ0) is 12.6.